The molecular weight excluding hydrogens is 163 g/mol. The summed E-state index contributed by atoms with van der Waals surface area (Å²) in [6.07, 6.45) is 0. The summed E-state index contributed by atoms with van der Waals surface area (Å²) in [5.41, 5.74) is 0.625. The maximum absolute atomic E-state index is 8.03. The van der Waals surface area contributed by atoms with Crippen molar-refractivity contribution in [3.8, 4) is 0 Å². The van der Waals surface area contributed by atoms with Gasteiger partial charge in [0.25, 0.3) is 0 Å². The van der Waals surface area contributed by atoms with E-state index < -0.39 is 0 Å². The zero-order chi connectivity index (χ0) is 6.57. The summed E-state index contributed by atoms with van der Waals surface area (Å²) in [6, 6.07) is 0. The van der Waals surface area contributed by atoms with Crippen molar-refractivity contribution in [3.63, 3.8) is 0 Å². The van der Waals surface area contributed by atoms with Gasteiger partial charge in [-0.3, -0.25) is 0 Å². The second-order valence-electron chi connectivity index (χ2n) is 1.37. The summed E-state index contributed by atoms with van der Waals surface area (Å²) < 4.78 is 0. The number of oxime groups is 2. The Balaban J connectivity index is -0.000000245. The van der Waals surface area contributed by atoms with E-state index in [-0.39, 0.29) is 56.9 Å². The molecular formula is C4H9KN2O3. The van der Waals surface area contributed by atoms with E-state index in [2.05, 4.69) is 10.3 Å². The van der Waals surface area contributed by atoms with Gasteiger partial charge in [0.15, 0.2) is 0 Å². The standard InChI is InChI=1S/C4H8N2O2.K.H2O/c1-3(5-7)4(2)6-8;;/h7-8H,1-2H3;;1H2/q;+1;/p-1/b5-3+,6-4+;;. The molecule has 0 aliphatic carbocycles. The third kappa shape index (κ3) is 6.65. The molecule has 10 heavy (non-hydrogen) atoms. The molecule has 54 valence electrons. The van der Waals surface area contributed by atoms with Gasteiger partial charge in [-0.05, 0) is 13.8 Å². The molecule has 0 spiro atoms. The minimum atomic E-state index is 0. The minimum absolute atomic E-state index is 0. The van der Waals surface area contributed by atoms with E-state index in [4.69, 9.17) is 10.4 Å². The van der Waals surface area contributed by atoms with Gasteiger partial charge < -0.3 is 15.9 Å². The van der Waals surface area contributed by atoms with E-state index in [0.717, 1.165) is 0 Å². The molecule has 0 atom stereocenters. The molecule has 6 heteroatoms. The van der Waals surface area contributed by atoms with Crippen LogP contribution in [0.1, 0.15) is 13.8 Å². The molecule has 0 aliphatic heterocycles. The molecule has 0 aromatic carbocycles. The molecule has 0 saturated heterocycles. The average molecular weight is 172 g/mol. The van der Waals surface area contributed by atoms with E-state index in [9.17, 15) is 0 Å². The Bertz CT molecular complexity index is 118. The quantitative estimate of drug-likeness (QED) is 0.198. The smallest absolute Gasteiger partial charge is 0.870 e. The van der Waals surface area contributed by atoms with Crippen LogP contribution in [0.3, 0.4) is 0 Å². The maximum atomic E-state index is 8.03. The van der Waals surface area contributed by atoms with Gasteiger partial charge in [-0.2, -0.15) is 0 Å². The SMILES string of the molecule is CC(=N\O)/C(C)=N/O.[K+].[OH-]. The summed E-state index contributed by atoms with van der Waals surface area (Å²) >= 11 is 0. The van der Waals surface area contributed by atoms with Gasteiger partial charge >= 0.3 is 51.4 Å². The number of hydrogen-bond donors (Lipinski definition) is 2. The van der Waals surface area contributed by atoms with E-state index in [1.807, 2.05) is 0 Å². The average Bonchev–Trinajstić information content (AvgIpc) is 1.84. The Morgan fingerprint density at radius 2 is 1.20 bits per heavy atom. The molecule has 5 nitrogen and oxygen atoms in total. The van der Waals surface area contributed by atoms with Crippen molar-refractivity contribution in [3.05, 3.63) is 0 Å². The molecule has 0 fully saturated rings. The minimum Gasteiger partial charge on any atom is -0.870 e. The van der Waals surface area contributed by atoms with Crippen LogP contribution in [0, 0.1) is 0 Å². The van der Waals surface area contributed by atoms with Crippen molar-refractivity contribution >= 4 is 11.4 Å². The Hall–Kier alpha value is 0.536. The molecule has 0 aromatic rings. The first kappa shape index (κ1) is 16.9. The first-order valence-electron chi connectivity index (χ1n) is 2.10. The van der Waals surface area contributed by atoms with Crippen molar-refractivity contribution in [2.75, 3.05) is 0 Å². The zero-order valence-electron chi connectivity index (χ0n) is 6.24. The van der Waals surface area contributed by atoms with Crippen LogP contribution in [0.5, 0.6) is 0 Å². The second kappa shape index (κ2) is 9.54. The van der Waals surface area contributed by atoms with Crippen LogP contribution >= 0.6 is 0 Å². The van der Waals surface area contributed by atoms with Crippen LogP contribution in [0.2, 0.25) is 0 Å². The predicted octanol–water partition coefficient (Wildman–Crippen LogP) is -2.49. The molecule has 0 radical (unpaired) electrons. The van der Waals surface area contributed by atoms with Crippen LogP contribution in [0.25, 0.3) is 0 Å². The van der Waals surface area contributed by atoms with Crippen LogP contribution in [0.15, 0.2) is 10.3 Å². The Labute approximate surface area is 102 Å². The molecule has 0 aromatic heterocycles. The number of nitrogens with zero attached hydrogens (tertiary/aromatic N) is 2. The topological polar surface area (TPSA) is 95.2 Å². The molecule has 0 bridgehead atoms. The van der Waals surface area contributed by atoms with Crippen LogP contribution in [0.4, 0.5) is 0 Å². The molecule has 3 N–H and O–H groups in total. The van der Waals surface area contributed by atoms with Crippen molar-refractivity contribution in [1.29, 1.82) is 0 Å². The second-order valence-corrected chi connectivity index (χ2v) is 1.37. The summed E-state index contributed by atoms with van der Waals surface area (Å²) in [7, 11) is 0. The van der Waals surface area contributed by atoms with Crippen molar-refractivity contribution in [1.82, 2.24) is 0 Å². The molecule has 0 saturated carbocycles. The monoisotopic (exact) mass is 172 g/mol. The van der Waals surface area contributed by atoms with Gasteiger partial charge in [-0.1, -0.05) is 10.3 Å². The van der Waals surface area contributed by atoms with Gasteiger partial charge in [0, 0.05) is 0 Å². The number of rotatable bonds is 1. The van der Waals surface area contributed by atoms with E-state index in [1.54, 1.807) is 0 Å². The molecule has 0 aliphatic rings. The summed E-state index contributed by atoms with van der Waals surface area (Å²) in [4.78, 5) is 0. The van der Waals surface area contributed by atoms with Crippen LogP contribution < -0.4 is 51.4 Å². The third-order valence-corrected chi connectivity index (χ3v) is 0.824. The summed E-state index contributed by atoms with van der Waals surface area (Å²) in [5.74, 6) is 0. The molecule has 0 heterocycles. The van der Waals surface area contributed by atoms with Gasteiger partial charge in [-0.15, -0.1) is 0 Å². The van der Waals surface area contributed by atoms with Crippen molar-refractivity contribution in [2.45, 2.75) is 13.8 Å². The Kier molecular flexibility index (Phi) is 16.1. The normalized spacial score (nSPS) is 11.4. The van der Waals surface area contributed by atoms with E-state index >= 15 is 0 Å². The maximum Gasteiger partial charge on any atom is 1.00 e. The van der Waals surface area contributed by atoms with Gasteiger partial charge in [0.1, 0.15) is 11.4 Å². The third-order valence-electron chi connectivity index (χ3n) is 0.824. The van der Waals surface area contributed by atoms with Gasteiger partial charge in [0.05, 0.1) is 0 Å². The van der Waals surface area contributed by atoms with Crippen LogP contribution in [-0.2, 0) is 0 Å². The summed E-state index contributed by atoms with van der Waals surface area (Å²) in [6.45, 7) is 3.07. The summed E-state index contributed by atoms with van der Waals surface area (Å²) in [5, 5.41) is 21.6. The van der Waals surface area contributed by atoms with Crippen molar-refractivity contribution < 1.29 is 67.3 Å². The van der Waals surface area contributed by atoms with Crippen molar-refractivity contribution in [2.24, 2.45) is 10.3 Å². The first-order valence-corrected chi connectivity index (χ1v) is 2.10. The number of hydrogen-bond acceptors (Lipinski definition) is 5. The fourth-order valence-corrected chi connectivity index (χ4v) is 0.145. The fourth-order valence-electron chi connectivity index (χ4n) is 0.145. The van der Waals surface area contributed by atoms with E-state index in [0.29, 0.717) is 11.4 Å². The first-order chi connectivity index (χ1) is 3.72. The Morgan fingerprint density at radius 3 is 1.30 bits per heavy atom. The zero-order valence-corrected chi connectivity index (χ0v) is 9.36. The molecule has 0 amide bonds. The molecule has 0 unspecified atom stereocenters. The van der Waals surface area contributed by atoms with Gasteiger partial charge in [-0.25, -0.2) is 0 Å². The largest absolute Gasteiger partial charge is 1.00 e. The van der Waals surface area contributed by atoms with E-state index in [1.165, 1.54) is 13.8 Å². The fraction of sp³-hybridized carbons (Fsp3) is 0.500. The Morgan fingerprint density at radius 1 is 1.00 bits per heavy atom. The predicted molar refractivity (Wildman–Crippen MR) is 31.7 cm³/mol. The van der Waals surface area contributed by atoms with Crippen LogP contribution in [-0.4, -0.2) is 27.3 Å². The van der Waals surface area contributed by atoms with Gasteiger partial charge in [0.2, 0.25) is 0 Å². The molecule has 0 rings (SSSR count).